The monoisotopic (exact) mass is 319 g/mol. The second-order valence-electron chi connectivity index (χ2n) is 2.57. The Morgan fingerprint density at radius 1 is 1.31 bits per heavy atom. The van der Waals surface area contributed by atoms with E-state index in [0.717, 1.165) is 0 Å². The van der Waals surface area contributed by atoms with Crippen LogP contribution in [0.3, 0.4) is 0 Å². The van der Waals surface area contributed by atoms with Gasteiger partial charge in [0.1, 0.15) is 0 Å². The fourth-order valence-corrected chi connectivity index (χ4v) is 4.25. The van der Waals surface area contributed by atoms with E-state index in [9.17, 15) is 0 Å². The van der Waals surface area contributed by atoms with Crippen molar-refractivity contribution in [3.05, 3.63) is 0 Å². The van der Waals surface area contributed by atoms with Crippen molar-refractivity contribution in [1.29, 1.82) is 0 Å². The second kappa shape index (κ2) is 9.09. The SMILES string of the molecule is C#CO[P+](OCC)(OC(S)CS)C(S)CS. The third-order valence-corrected chi connectivity index (χ3v) is 6.93. The van der Waals surface area contributed by atoms with Crippen LogP contribution in [0.5, 0.6) is 0 Å². The quantitative estimate of drug-likeness (QED) is 0.240. The zero-order valence-electron chi connectivity index (χ0n) is 8.81. The molecule has 0 aliphatic rings. The summed E-state index contributed by atoms with van der Waals surface area (Å²) in [6, 6.07) is 0. The smallest absolute Gasteiger partial charge is 0.235 e. The summed E-state index contributed by atoms with van der Waals surface area (Å²) in [6.07, 6.45) is 7.24. The highest BCUT2D eigenvalue weighted by molar-refractivity contribution is 7.94. The molecule has 0 spiro atoms. The Bertz CT molecular complexity index is 238. The molecule has 0 rings (SSSR count). The van der Waals surface area contributed by atoms with Crippen molar-refractivity contribution in [2.45, 2.75) is 17.4 Å². The Morgan fingerprint density at radius 2 is 1.94 bits per heavy atom. The minimum absolute atomic E-state index is 0.332. The molecule has 0 aromatic heterocycles. The molecule has 16 heavy (non-hydrogen) atoms. The van der Waals surface area contributed by atoms with Gasteiger partial charge in [0.2, 0.25) is 4.99 Å². The molecule has 0 aromatic carbocycles. The molecule has 0 N–H and O–H groups in total. The van der Waals surface area contributed by atoms with Gasteiger partial charge in [-0.25, -0.2) is 4.52 Å². The van der Waals surface area contributed by atoms with Crippen LogP contribution in [0.15, 0.2) is 0 Å². The highest BCUT2D eigenvalue weighted by Gasteiger charge is 2.54. The molecule has 0 bridgehead atoms. The zero-order chi connectivity index (χ0) is 12.6. The number of rotatable bonds is 8. The van der Waals surface area contributed by atoms with Crippen LogP contribution in [0.1, 0.15) is 6.92 Å². The molecule has 0 aromatic rings. The number of thiol groups is 4. The number of hydrogen-bond acceptors (Lipinski definition) is 7. The first-order valence-corrected chi connectivity index (χ1v) is 8.41. The van der Waals surface area contributed by atoms with Gasteiger partial charge in [-0.3, -0.25) is 0 Å². The van der Waals surface area contributed by atoms with Gasteiger partial charge in [0.15, 0.2) is 11.5 Å². The van der Waals surface area contributed by atoms with Gasteiger partial charge in [-0.1, -0.05) is 6.42 Å². The van der Waals surface area contributed by atoms with Crippen molar-refractivity contribution in [1.82, 2.24) is 0 Å². The predicted molar refractivity (Wildman–Crippen MR) is 82.8 cm³/mol. The lowest BCUT2D eigenvalue weighted by Crippen LogP contribution is -2.21. The van der Waals surface area contributed by atoms with E-state index in [1.165, 1.54) is 0 Å². The van der Waals surface area contributed by atoms with Crippen LogP contribution in [0.4, 0.5) is 0 Å². The summed E-state index contributed by atoms with van der Waals surface area (Å²) in [5.41, 5.74) is -0.425. The summed E-state index contributed by atoms with van der Waals surface area (Å²) < 4.78 is 16.3. The largest absolute Gasteiger partial charge is 0.485 e. The van der Waals surface area contributed by atoms with Crippen molar-refractivity contribution >= 4 is 58.5 Å². The van der Waals surface area contributed by atoms with Gasteiger partial charge < -0.3 is 0 Å². The summed E-state index contributed by atoms with van der Waals surface area (Å²) in [7, 11) is -2.73. The third kappa shape index (κ3) is 5.18. The maximum atomic E-state index is 5.61. The minimum atomic E-state index is -2.73. The van der Waals surface area contributed by atoms with Crippen LogP contribution in [0.2, 0.25) is 0 Å². The van der Waals surface area contributed by atoms with Crippen molar-refractivity contribution < 1.29 is 13.6 Å². The molecule has 3 unspecified atom stereocenters. The molecular formula is C8H16O3PS4+. The van der Waals surface area contributed by atoms with Gasteiger partial charge in [0.25, 0.3) is 0 Å². The fourth-order valence-electron chi connectivity index (χ4n) is 0.852. The van der Waals surface area contributed by atoms with Crippen molar-refractivity contribution in [2.75, 3.05) is 18.1 Å². The molecule has 0 aliphatic heterocycles. The lowest BCUT2D eigenvalue weighted by molar-refractivity contribution is 0.176. The van der Waals surface area contributed by atoms with Gasteiger partial charge >= 0.3 is 7.94 Å². The average Bonchev–Trinajstić information content (AvgIpc) is 2.28. The van der Waals surface area contributed by atoms with E-state index >= 15 is 0 Å². The molecule has 3 atom stereocenters. The maximum Gasteiger partial charge on any atom is 0.485 e. The molecular weight excluding hydrogens is 303 g/mol. The molecule has 0 fully saturated rings. The Balaban J connectivity index is 4.85. The molecule has 0 saturated carbocycles. The van der Waals surface area contributed by atoms with E-state index in [4.69, 9.17) is 20.0 Å². The van der Waals surface area contributed by atoms with E-state index in [1.807, 2.05) is 6.92 Å². The molecule has 0 amide bonds. The third-order valence-electron chi connectivity index (χ3n) is 1.44. The van der Waals surface area contributed by atoms with Crippen LogP contribution in [0, 0.1) is 12.5 Å². The molecule has 3 nitrogen and oxygen atoms in total. The van der Waals surface area contributed by atoms with Gasteiger partial charge in [0.05, 0.1) is 6.61 Å². The number of terminal acetylenes is 1. The highest BCUT2D eigenvalue weighted by Crippen LogP contribution is 2.68. The Labute approximate surface area is 120 Å². The predicted octanol–water partition coefficient (Wildman–Crippen LogP) is 2.78. The fraction of sp³-hybridized carbons (Fsp3) is 0.750. The van der Waals surface area contributed by atoms with E-state index in [0.29, 0.717) is 18.1 Å². The molecule has 0 heterocycles. The molecule has 0 radical (unpaired) electrons. The molecule has 0 aliphatic carbocycles. The summed E-state index contributed by atoms with van der Waals surface area (Å²) in [5.74, 6) is 0.838. The van der Waals surface area contributed by atoms with E-state index in [-0.39, 0.29) is 4.99 Å². The normalized spacial score (nSPS) is 18.2. The molecule has 0 saturated heterocycles. The zero-order valence-corrected chi connectivity index (χ0v) is 13.3. The lowest BCUT2D eigenvalue weighted by Gasteiger charge is -2.24. The molecule has 8 heteroatoms. The summed E-state index contributed by atoms with van der Waals surface area (Å²) in [6.45, 7) is 2.23. The van der Waals surface area contributed by atoms with Crippen molar-refractivity contribution in [3.63, 3.8) is 0 Å². The summed E-state index contributed by atoms with van der Waals surface area (Å²) in [4.78, 5) is -0.332. The summed E-state index contributed by atoms with van der Waals surface area (Å²) in [5, 5.41) is 0. The first-order valence-electron chi connectivity index (χ1n) is 4.50. The Kier molecular flexibility index (Phi) is 9.73. The van der Waals surface area contributed by atoms with Crippen LogP contribution >= 0.6 is 58.5 Å². The lowest BCUT2D eigenvalue weighted by atomic mass is 10.9. The van der Waals surface area contributed by atoms with Crippen molar-refractivity contribution in [3.8, 4) is 12.5 Å². The van der Waals surface area contributed by atoms with Gasteiger partial charge in [0, 0.05) is 11.5 Å². The van der Waals surface area contributed by atoms with E-state index < -0.39 is 13.4 Å². The van der Waals surface area contributed by atoms with Crippen LogP contribution in [-0.2, 0) is 13.6 Å². The van der Waals surface area contributed by atoms with Gasteiger partial charge in [-0.05, 0) is 6.92 Å². The standard InChI is InChI=1S/C8H15O3PS4/c1-3-9-12(10-4-2,8(16)6-14)11-7(15)5-13/h1,7-8H,4-6H2,2H3,(H3-,13,14,15,16)/p+1. The minimum Gasteiger partial charge on any atom is -0.235 e. The highest BCUT2D eigenvalue weighted by atomic mass is 32.1. The van der Waals surface area contributed by atoms with Gasteiger partial charge in [-0.2, -0.15) is 34.3 Å². The topological polar surface area (TPSA) is 27.7 Å². The maximum absolute atomic E-state index is 5.61. The summed E-state index contributed by atoms with van der Waals surface area (Å²) >= 11 is 16.7. The number of hydrogen-bond donors (Lipinski definition) is 4. The Morgan fingerprint density at radius 3 is 2.31 bits per heavy atom. The van der Waals surface area contributed by atoms with Crippen LogP contribution in [-0.4, -0.2) is 28.5 Å². The Hall–Kier alpha value is 1.11. The second-order valence-corrected chi connectivity index (χ2v) is 7.26. The van der Waals surface area contributed by atoms with Crippen LogP contribution in [0.25, 0.3) is 0 Å². The van der Waals surface area contributed by atoms with Gasteiger partial charge in [-0.15, -0.1) is 25.3 Å². The first kappa shape index (κ1) is 17.1. The first-order chi connectivity index (χ1) is 7.56. The van der Waals surface area contributed by atoms with E-state index in [1.54, 1.807) is 0 Å². The molecule has 94 valence electrons. The van der Waals surface area contributed by atoms with Crippen LogP contribution < -0.4 is 0 Å². The van der Waals surface area contributed by atoms with Crippen molar-refractivity contribution in [2.24, 2.45) is 0 Å². The van der Waals surface area contributed by atoms with E-state index in [2.05, 4.69) is 56.6 Å². The average molecular weight is 319 g/mol.